The monoisotopic (exact) mass is 326 g/mol. The van der Waals surface area contributed by atoms with Crippen LogP contribution in [0.2, 0.25) is 0 Å². The number of likely N-dealkylation sites (tertiary alicyclic amines) is 1. The zero-order valence-corrected chi connectivity index (χ0v) is 14.1. The molecule has 1 atom stereocenters. The first-order valence-corrected chi connectivity index (χ1v) is 8.23. The molecule has 0 unspecified atom stereocenters. The van der Waals surface area contributed by atoms with Crippen molar-refractivity contribution in [1.29, 1.82) is 5.26 Å². The lowest BCUT2D eigenvalue weighted by Gasteiger charge is -2.42. The Morgan fingerprint density at radius 2 is 2.17 bits per heavy atom. The van der Waals surface area contributed by atoms with E-state index in [4.69, 9.17) is 0 Å². The molecule has 1 aliphatic heterocycles. The van der Waals surface area contributed by atoms with Crippen molar-refractivity contribution in [3.05, 3.63) is 36.4 Å². The van der Waals surface area contributed by atoms with Crippen molar-refractivity contribution in [3.8, 4) is 6.07 Å². The number of hydrogen-bond donors (Lipinski definition) is 0. The van der Waals surface area contributed by atoms with Gasteiger partial charge in [0.1, 0.15) is 11.7 Å². The van der Waals surface area contributed by atoms with Crippen molar-refractivity contribution >= 4 is 5.91 Å². The molecule has 0 radical (unpaired) electrons. The highest BCUT2D eigenvalue weighted by atomic mass is 16.2. The summed E-state index contributed by atoms with van der Waals surface area (Å²) >= 11 is 0. The molecule has 0 spiro atoms. The van der Waals surface area contributed by atoms with Gasteiger partial charge in [-0.2, -0.15) is 15.5 Å². The Bertz CT molecular complexity index is 739. The average Bonchev–Trinajstić information content (AvgIpc) is 3.22. The highest BCUT2D eigenvalue weighted by molar-refractivity contribution is 5.92. The van der Waals surface area contributed by atoms with Gasteiger partial charge in [0.05, 0.1) is 19.2 Å². The van der Waals surface area contributed by atoms with Crippen LogP contribution in [-0.2, 0) is 13.1 Å². The van der Waals surface area contributed by atoms with Crippen LogP contribution in [0, 0.1) is 16.7 Å². The third kappa shape index (κ3) is 3.18. The zero-order valence-electron chi connectivity index (χ0n) is 14.1. The maximum atomic E-state index is 12.8. The van der Waals surface area contributed by atoms with Crippen molar-refractivity contribution in [2.24, 2.45) is 5.41 Å². The van der Waals surface area contributed by atoms with Crippen LogP contribution in [-0.4, -0.2) is 43.0 Å². The zero-order chi connectivity index (χ0) is 17.2. The third-order valence-corrected chi connectivity index (χ3v) is 4.63. The van der Waals surface area contributed by atoms with Crippen molar-refractivity contribution < 1.29 is 4.79 Å². The summed E-state index contributed by atoms with van der Waals surface area (Å²) in [5.41, 5.74) is 0.208. The molecule has 1 aliphatic rings. The molecule has 3 heterocycles. The Kier molecular flexibility index (Phi) is 4.38. The lowest BCUT2D eigenvalue weighted by Crippen LogP contribution is -2.51. The van der Waals surface area contributed by atoms with Gasteiger partial charge in [-0.1, -0.05) is 13.8 Å². The molecule has 3 rings (SSSR count). The smallest absolute Gasteiger partial charge is 0.275 e. The lowest BCUT2D eigenvalue weighted by molar-refractivity contribution is 0.0431. The van der Waals surface area contributed by atoms with E-state index in [1.807, 2.05) is 30.8 Å². The molecule has 24 heavy (non-hydrogen) atoms. The topological polar surface area (TPSA) is 79.7 Å². The van der Waals surface area contributed by atoms with Crippen molar-refractivity contribution in [2.45, 2.75) is 45.8 Å². The number of piperidine rings is 1. The highest BCUT2D eigenvalue weighted by Crippen LogP contribution is 2.35. The number of hydrogen-bond acceptors (Lipinski definition) is 4. The number of rotatable bonds is 4. The second-order valence-corrected chi connectivity index (χ2v) is 6.86. The van der Waals surface area contributed by atoms with Gasteiger partial charge >= 0.3 is 0 Å². The van der Waals surface area contributed by atoms with Crippen LogP contribution in [0.1, 0.15) is 37.2 Å². The van der Waals surface area contributed by atoms with Gasteiger partial charge in [-0.25, -0.2) is 0 Å². The normalized spacial score (nSPS) is 19.9. The van der Waals surface area contributed by atoms with Crippen LogP contribution < -0.4 is 0 Å². The Labute approximate surface area is 141 Å². The van der Waals surface area contributed by atoms with E-state index in [0.29, 0.717) is 25.3 Å². The number of aromatic nitrogens is 4. The largest absolute Gasteiger partial charge is 0.321 e. The van der Waals surface area contributed by atoms with Crippen LogP contribution >= 0.6 is 0 Å². The summed E-state index contributed by atoms with van der Waals surface area (Å²) in [5.74, 6) is -0.160. The maximum Gasteiger partial charge on any atom is 0.275 e. The summed E-state index contributed by atoms with van der Waals surface area (Å²) < 4.78 is 3.56. The fourth-order valence-corrected chi connectivity index (χ4v) is 3.24. The van der Waals surface area contributed by atoms with E-state index >= 15 is 0 Å². The fourth-order valence-electron chi connectivity index (χ4n) is 3.24. The van der Waals surface area contributed by atoms with Gasteiger partial charge in [-0.15, -0.1) is 0 Å². The van der Waals surface area contributed by atoms with Gasteiger partial charge in [0.25, 0.3) is 5.91 Å². The average molecular weight is 326 g/mol. The van der Waals surface area contributed by atoms with E-state index in [9.17, 15) is 10.1 Å². The standard InChI is InChI=1S/C17H22N6O/c1-17(2)6-3-9-23(15(17)13-18)16(24)14-5-10-22(20-14)12-11-21-8-4-7-19-21/h4-5,7-8,10,15H,3,6,9,11-12H2,1-2H3/t15-/m0/s1. The van der Waals surface area contributed by atoms with E-state index in [0.717, 1.165) is 12.8 Å². The van der Waals surface area contributed by atoms with Gasteiger partial charge < -0.3 is 4.90 Å². The van der Waals surface area contributed by atoms with Gasteiger partial charge in [-0.3, -0.25) is 14.2 Å². The Morgan fingerprint density at radius 3 is 2.88 bits per heavy atom. The minimum absolute atomic E-state index is 0.160. The minimum atomic E-state index is -0.409. The number of amides is 1. The molecular weight excluding hydrogens is 304 g/mol. The highest BCUT2D eigenvalue weighted by Gasteiger charge is 2.40. The molecule has 0 N–H and O–H groups in total. The quantitative estimate of drug-likeness (QED) is 0.860. The summed E-state index contributed by atoms with van der Waals surface area (Å²) in [6.07, 6.45) is 7.29. The Morgan fingerprint density at radius 1 is 1.38 bits per heavy atom. The fraction of sp³-hybridized carbons (Fsp3) is 0.529. The van der Waals surface area contributed by atoms with Gasteiger partial charge in [-0.05, 0) is 30.4 Å². The molecule has 1 amide bonds. The number of aryl methyl sites for hydroxylation is 2. The van der Waals surface area contributed by atoms with Gasteiger partial charge in [0.2, 0.25) is 0 Å². The van der Waals surface area contributed by atoms with Crippen LogP contribution in [0.4, 0.5) is 0 Å². The molecule has 1 fully saturated rings. The third-order valence-electron chi connectivity index (χ3n) is 4.63. The number of nitriles is 1. The molecule has 7 heteroatoms. The molecule has 1 saturated heterocycles. The van der Waals surface area contributed by atoms with E-state index in [-0.39, 0.29) is 11.3 Å². The SMILES string of the molecule is CC1(C)CCCN(C(=O)c2ccn(CCn3cccn3)n2)[C@H]1C#N. The van der Waals surface area contributed by atoms with Gasteiger partial charge in [0.15, 0.2) is 0 Å². The molecular formula is C17H22N6O. The van der Waals surface area contributed by atoms with Crippen molar-refractivity contribution in [2.75, 3.05) is 6.54 Å². The molecule has 0 bridgehead atoms. The van der Waals surface area contributed by atoms with Gasteiger partial charge in [0, 0.05) is 25.1 Å². The van der Waals surface area contributed by atoms with Crippen LogP contribution in [0.3, 0.4) is 0 Å². The second kappa shape index (κ2) is 6.48. The molecule has 2 aromatic heterocycles. The summed E-state index contributed by atoms with van der Waals surface area (Å²) in [5, 5.41) is 18.0. The summed E-state index contributed by atoms with van der Waals surface area (Å²) in [6.45, 7) is 6.04. The van der Waals surface area contributed by atoms with E-state index < -0.39 is 6.04 Å². The van der Waals surface area contributed by atoms with Crippen LogP contribution in [0.5, 0.6) is 0 Å². The lowest BCUT2D eigenvalue weighted by atomic mass is 9.77. The van der Waals surface area contributed by atoms with E-state index in [1.165, 1.54) is 0 Å². The number of carbonyl (C=O) groups is 1. The molecule has 2 aromatic rings. The Balaban J connectivity index is 1.70. The number of nitrogens with zero attached hydrogens (tertiary/aromatic N) is 6. The second-order valence-electron chi connectivity index (χ2n) is 6.86. The van der Waals surface area contributed by atoms with Crippen molar-refractivity contribution in [1.82, 2.24) is 24.5 Å². The van der Waals surface area contributed by atoms with Crippen LogP contribution in [0.15, 0.2) is 30.7 Å². The van der Waals surface area contributed by atoms with Crippen molar-refractivity contribution in [3.63, 3.8) is 0 Å². The summed E-state index contributed by atoms with van der Waals surface area (Å²) in [4.78, 5) is 14.5. The minimum Gasteiger partial charge on any atom is -0.321 e. The summed E-state index contributed by atoms with van der Waals surface area (Å²) in [6, 6.07) is 5.49. The molecule has 0 aromatic carbocycles. The maximum absolute atomic E-state index is 12.8. The Hall–Kier alpha value is -2.62. The first kappa shape index (κ1) is 16.2. The molecule has 126 valence electrons. The molecule has 0 saturated carbocycles. The molecule has 0 aliphatic carbocycles. The first-order chi connectivity index (χ1) is 11.5. The predicted octanol–water partition coefficient (Wildman–Crippen LogP) is 1.93. The molecule has 7 nitrogen and oxygen atoms in total. The van der Waals surface area contributed by atoms with Crippen LogP contribution in [0.25, 0.3) is 0 Å². The number of carbonyl (C=O) groups excluding carboxylic acids is 1. The van der Waals surface area contributed by atoms with E-state index in [2.05, 4.69) is 16.3 Å². The predicted molar refractivity (Wildman–Crippen MR) is 87.9 cm³/mol. The summed E-state index contributed by atoms with van der Waals surface area (Å²) in [7, 11) is 0. The first-order valence-electron chi connectivity index (χ1n) is 8.23. The van der Waals surface area contributed by atoms with E-state index in [1.54, 1.807) is 28.0 Å².